The Morgan fingerprint density at radius 2 is 1.87 bits per heavy atom. The Morgan fingerprint density at radius 1 is 1.13 bits per heavy atom. The Hall–Kier alpha value is -1.10. The topological polar surface area (TPSA) is 24.9 Å². The van der Waals surface area contributed by atoms with Crippen LogP contribution in [-0.4, -0.2) is 68.4 Å². The molecule has 1 aromatic rings. The van der Waals surface area contributed by atoms with E-state index < -0.39 is 0 Å². The average molecular weight is 318 g/mol. The molecule has 0 bridgehead atoms. The molecule has 0 unspecified atom stereocenters. The summed E-state index contributed by atoms with van der Waals surface area (Å²) in [5, 5.41) is 0. The smallest absolute Gasteiger partial charge is 0.118 e. The Bertz CT molecular complexity index is 469. The van der Waals surface area contributed by atoms with Gasteiger partial charge < -0.3 is 14.4 Å². The molecule has 2 fully saturated rings. The van der Waals surface area contributed by atoms with Gasteiger partial charge in [-0.05, 0) is 57.0 Å². The molecule has 2 heterocycles. The highest BCUT2D eigenvalue weighted by Crippen LogP contribution is 2.20. The van der Waals surface area contributed by atoms with E-state index in [2.05, 4.69) is 41.0 Å². The third-order valence-electron chi connectivity index (χ3n) is 5.22. The summed E-state index contributed by atoms with van der Waals surface area (Å²) in [6, 6.07) is 9.24. The highest BCUT2D eigenvalue weighted by molar-refractivity contribution is 5.27. The molecule has 2 aliphatic heterocycles. The first-order chi connectivity index (χ1) is 11.2. The number of nitrogens with zero attached hydrogens (tertiary/aromatic N) is 2. The van der Waals surface area contributed by atoms with Gasteiger partial charge in [0.2, 0.25) is 0 Å². The van der Waals surface area contributed by atoms with E-state index in [9.17, 15) is 0 Å². The van der Waals surface area contributed by atoms with Crippen molar-refractivity contribution in [2.75, 3.05) is 46.4 Å². The van der Waals surface area contributed by atoms with E-state index >= 15 is 0 Å². The standard InChI is InChI=1S/C19H30N2O2/c1-16-15-21(13-14-23-16)18-8-11-20(12-9-18)10-7-17-3-5-19(22-2)6-4-17/h3-6,16,18H,7-15H2,1-2H3/t16-/m1/s1. The number of piperidine rings is 1. The zero-order valence-corrected chi connectivity index (χ0v) is 14.5. The second-order valence-electron chi connectivity index (χ2n) is 6.85. The molecule has 1 atom stereocenters. The molecule has 128 valence electrons. The molecule has 4 heteroatoms. The van der Waals surface area contributed by atoms with Crippen LogP contribution < -0.4 is 4.74 Å². The van der Waals surface area contributed by atoms with Gasteiger partial charge in [0.25, 0.3) is 0 Å². The maximum Gasteiger partial charge on any atom is 0.118 e. The molecule has 0 N–H and O–H groups in total. The van der Waals surface area contributed by atoms with Gasteiger partial charge in [-0.3, -0.25) is 4.90 Å². The third-order valence-corrected chi connectivity index (χ3v) is 5.22. The number of hydrogen-bond acceptors (Lipinski definition) is 4. The molecule has 4 nitrogen and oxygen atoms in total. The van der Waals surface area contributed by atoms with Crippen molar-refractivity contribution < 1.29 is 9.47 Å². The number of likely N-dealkylation sites (tertiary alicyclic amines) is 1. The van der Waals surface area contributed by atoms with Crippen LogP contribution in [0.15, 0.2) is 24.3 Å². The summed E-state index contributed by atoms with van der Waals surface area (Å²) < 4.78 is 10.9. The molecule has 0 spiro atoms. The van der Waals surface area contributed by atoms with E-state index in [-0.39, 0.29) is 0 Å². The van der Waals surface area contributed by atoms with E-state index in [4.69, 9.17) is 9.47 Å². The molecule has 2 aliphatic rings. The lowest BCUT2D eigenvalue weighted by molar-refractivity contribution is -0.0433. The monoisotopic (exact) mass is 318 g/mol. The van der Waals surface area contributed by atoms with Crippen LogP contribution in [0.4, 0.5) is 0 Å². The van der Waals surface area contributed by atoms with Crippen molar-refractivity contribution in [2.24, 2.45) is 0 Å². The van der Waals surface area contributed by atoms with Crippen molar-refractivity contribution >= 4 is 0 Å². The van der Waals surface area contributed by atoms with Crippen LogP contribution in [0.1, 0.15) is 25.3 Å². The van der Waals surface area contributed by atoms with Crippen molar-refractivity contribution in [3.05, 3.63) is 29.8 Å². The quantitative estimate of drug-likeness (QED) is 0.832. The van der Waals surface area contributed by atoms with Crippen molar-refractivity contribution in [3.8, 4) is 5.75 Å². The predicted octanol–water partition coefficient (Wildman–Crippen LogP) is 2.42. The van der Waals surface area contributed by atoms with Crippen LogP contribution in [0.5, 0.6) is 5.75 Å². The lowest BCUT2D eigenvalue weighted by Gasteiger charge is -2.41. The van der Waals surface area contributed by atoms with Gasteiger partial charge in [-0.15, -0.1) is 0 Å². The van der Waals surface area contributed by atoms with Crippen LogP contribution >= 0.6 is 0 Å². The van der Waals surface area contributed by atoms with E-state index in [1.807, 2.05) is 0 Å². The summed E-state index contributed by atoms with van der Waals surface area (Å²) in [6.45, 7) is 8.93. The molecule has 0 radical (unpaired) electrons. The highest BCUT2D eigenvalue weighted by atomic mass is 16.5. The number of rotatable bonds is 5. The van der Waals surface area contributed by atoms with Crippen LogP contribution in [0.25, 0.3) is 0 Å². The van der Waals surface area contributed by atoms with Crippen LogP contribution in [-0.2, 0) is 11.2 Å². The Morgan fingerprint density at radius 3 is 2.52 bits per heavy atom. The minimum absolute atomic E-state index is 0.400. The zero-order valence-electron chi connectivity index (χ0n) is 14.5. The Balaban J connectivity index is 1.40. The van der Waals surface area contributed by atoms with Crippen molar-refractivity contribution in [1.29, 1.82) is 0 Å². The zero-order chi connectivity index (χ0) is 16.1. The maximum absolute atomic E-state index is 5.66. The minimum Gasteiger partial charge on any atom is -0.497 e. The first-order valence-corrected chi connectivity index (χ1v) is 8.95. The second-order valence-corrected chi connectivity index (χ2v) is 6.85. The number of ether oxygens (including phenoxy) is 2. The first kappa shape index (κ1) is 16.7. The molecular formula is C19H30N2O2. The van der Waals surface area contributed by atoms with Crippen molar-refractivity contribution in [1.82, 2.24) is 9.80 Å². The summed E-state index contributed by atoms with van der Waals surface area (Å²) in [7, 11) is 1.72. The number of methoxy groups -OCH3 is 1. The van der Waals surface area contributed by atoms with Gasteiger partial charge in [0, 0.05) is 25.7 Å². The van der Waals surface area contributed by atoms with Crippen molar-refractivity contribution in [2.45, 2.75) is 38.3 Å². The Labute approximate surface area is 140 Å². The van der Waals surface area contributed by atoms with Crippen LogP contribution in [0.2, 0.25) is 0 Å². The lowest BCUT2D eigenvalue weighted by Crippen LogP contribution is -2.51. The molecule has 23 heavy (non-hydrogen) atoms. The lowest BCUT2D eigenvalue weighted by atomic mass is 10.0. The summed E-state index contributed by atoms with van der Waals surface area (Å²) in [6.07, 6.45) is 4.13. The average Bonchev–Trinajstić information content (AvgIpc) is 2.61. The first-order valence-electron chi connectivity index (χ1n) is 8.95. The third kappa shape index (κ3) is 4.69. The fraction of sp³-hybridized carbons (Fsp3) is 0.684. The van der Waals surface area contributed by atoms with Crippen LogP contribution in [0, 0.1) is 0 Å². The molecule has 2 saturated heterocycles. The van der Waals surface area contributed by atoms with Gasteiger partial charge in [0.1, 0.15) is 5.75 Å². The highest BCUT2D eigenvalue weighted by Gasteiger charge is 2.27. The molecule has 0 saturated carbocycles. The number of benzene rings is 1. The molecule has 1 aromatic carbocycles. The van der Waals surface area contributed by atoms with Gasteiger partial charge in [-0.25, -0.2) is 0 Å². The Kier molecular flexibility index (Phi) is 5.92. The summed E-state index contributed by atoms with van der Waals surface area (Å²) in [5.74, 6) is 0.939. The minimum atomic E-state index is 0.400. The van der Waals surface area contributed by atoms with Gasteiger partial charge in [0.15, 0.2) is 0 Å². The van der Waals surface area contributed by atoms with Crippen molar-refractivity contribution in [3.63, 3.8) is 0 Å². The summed E-state index contributed by atoms with van der Waals surface area (Å²) >= 11 is 0. The summed E-state index contributed by atoms with van der Waals surface area (Å²) in [5.41, 5.74) is 1.40. The SMILES string of the molecule is COc1ccc(CCN2CCC(N3CCO[C@H](C)C3)CC2)cc1. The predicted molar refractivity (Wildman–Crippen MR) is 93.1 cm³/mol. The maximum atomic E-state index is 5.66. The largest absolute Gasteiger partial charge is 0.497 e. The molecule has 0 aliphatic carbocycles. The fourth-order valence-electron chi connectivity index (χ4n) is 3.76. The fourth-order valence-corrected chi connectivity index (χ4v) is 3.76. The normalized spacial score (nSPS) is 24.7. The molecule has 3 rings (SSSR count). The van der Waals surface area contributed by atoms with E-state index in [1.54, 1.807) is 7.11 Å². The van der Waals surface area contributed by atoms with Gasteiger partial charge in [-0.1, -0.05) is 12.1 Å². The van der Waals surface area contributed by atoms with E-state index in [1.165, 1.54) is 38.0 Å². The summed E-state index contributed by atoms with van der Waals surface area (Å²) in [4.78, 5) is 5.26. The molecular weight excluding hydrogens is 288 g/mol. The number of morpholine rings is 1. The van der Waals surface area contributed by atoms with Gasteiger partial charge in [-0.2, -0.15) is 0 Å². The second kappa shape index (κ2) is 8.13. The van der Waals surface area contributed by atoms with E-state index in [0.717, 1.165) is 37.9 Å². The van der Waals surface area contributed by atoms with Gasteiger partial charge >= 0.3 is 0 Å². The van der Waals surface area contributed by atoms with E-state index in [0.29, 0.717) is 6.10 Å². The van der Waals surface area contributed by atoms with Crippen LogP contribution in [0.3, 0.4) is 0 Å². The molecule has 0 aromatic heterocycles. The number of hydrogen-bond donors (Lipinski definition) is 0. The molecule has 0 amide bonds. The van der Waals surface area contributed by atoms with Gasteiger partial charge in [0.05, 0.1) is 19.8 Å².